The first kappa shape index (κ1) is 30.9. The number of carbonyl (C=O) groups excluding carboxylic acids is 2. The van der Waals surface area contributed by atoms with Crippen LogP contribution in [-0.2, 0) is 15.9 Å². The molecule has 5 N–H and O–H groups in total. The normalized spacial score (nSPS) is 18.7. The third-order valence-corrected chi connectivity index (χ3v) is 8.18. The fourth-order valence-electron chi connectivity index (χ4n) is 5.29. The number of aryl methyl sites for hydroxylation is 2. The SMILES string of the molecule is Cc1ccc(-c2nc(C(CNC(=O)c3cc(OC4CC4)c4ncc(C)cc4c3)(N=O)C(F)(F)F)cc3c2OCC3(N)C(N)=O)cc1. The largest absolute Gasteiger partial charge is 0.488 e. The molecule has 0 radical (unpaired) electrons. The number of ether oxygens (including phenoxy) is 2. The summed E-state index contributed by atoms with van der Waals surface area (Å²) in [6.07, 6.45) is -2.11. The van der Waals surface area contributed by atoms with Crippen molar-refractivity contribution < 1.29 is 32.2 Å². The van der Waals surface area contributed by atoms with Gasteiger partial charge in [0, 0.05) is 28.3 Å². The summed E-state index contributed by atoms with van der Waals surface area (Å²) in [5.74, 6) is -1.72. The number of hydrogen-bond donors (Lipinski definition) is 3. The van der Waals surface area contributed by atoms with Gasteiger partial charge in [-0.2, -0.15) is 13.2 Å². The first-order valence-corrected chi connectivity index (χ1v) is 14.4. The van der Waals surface area contributed by atoms with Gasteiger partial charge in [-0.3, -0.25) is 14.6 Å². The highest BCUT2D eigenvalue weighted by atomic mass is 19.4. The van der Waals surface area contributed by atoms with Gasteiger partial charge < -0.3 is 26.3 Å². The molecule has 46 heavy (non-hydrogen) atoms. The van der Waals surface area contributed by atoms with E-state index in [0.717, 1.165) is 30.0 Å². The van der Waals surface area contributed by atoms with Crippen LogP contribution in [0.25, 0.3) is 22.2 Å². The van der Waals surface area contributed by atoms with Gasteiger partial charge in [-0.05, 0) is 61.7 Å². The molecule has 238 valence electrons. The average Bonchev–Trinajstić information content (AvgIpc) is 3.76. The van der Waals surface area contributed by atoms with Crippen molar-refractivity contribution in [2.24, 2.45) is 16.6 Å². The average molecular weight is 635 g/mol. The van der Waals surface area contributed by atoms with E-state index in [2.05, 4.69) is 20.5 Å². The lowest BCUT2D eigenvalue weighted by molar-refractivity contribution is -0.188. The van der Waals surface area contributed by atoms with Crippen LogP contribution in [0.3, 0.4) is 0 Å². The summed E-state index contributed by atoms with van der Waals surface area (Å²) < 4.78 is 56.6. The molecule has 4 aromatic rings. The Balaban J connectivity index is 1.44. The summed E-state index contributed by atoms with van der Waals surface area (Å²) >= 11 is 0. The standard InChI is InChI=1S/C32H29F3N6O5/c1-16-3-5-18(6-4-16)26-27-22(30(37,15-45-27)29(36)43)12-24(40-26)31(41-44,32(33,34)35)14-39-28(42)20-10-19-9-17(2)13-38-25(19)23(11-20)46-21-7-8-21/h3-6,9-13,21H,7-8,14-15,37H2,1-2H3,(H2,36,43)(H,39,42). The Kier molecular flexibility index (Phi) is 7.42. The maximum absolute atomic E-state index is 15.0. The number of benzene rings is 2. The third kappa shape index (κ3) is 5.27. The molecule has 2 atom stereocenters. The number of fused-ring (bicyclic) bond motifs is 2. The van der Waals surface area contributed by atoms with Crippen LogP contribution >= 0.6 is 0 Å². The summed E-state index contributed by atoms with van der Waals surface area (Å²) in [5.41, 5.74) is 7.45. The lowest BCUT2D eigenvalue weighted by Gasteiger charge is -2.30. The molecule has 1 aliphatic carbocycles. The zero-order chi connectivity index (χ0) is 33.0. The summed E-state index contributed by atoms with van der Waals surface area (Å²) in [4.78, 5) is 46.8. The number of amides is 2. The highest BCUT2D eigenvalue weighted by molar-refractivity contribution is 6.00. The van der Waals surface area contributed by atoms with Gasteiger partial charge in [-0.15, -0.1) is 4.91 Å². The first-order valence-electron chi connectivity index (χ1n) is 14.4. The van der Waals surface area contributed by atoms with Crippen molar-refractivity contribution in [2.45, 2.75) is 50.0 Å². The molecule has 2 aromatic heterocycles. The van der Waals surface area contributed by atoms with Crippen molar-refractivity contribution in [2.75, 3.05) is 13.2 Å². The number of halogens is 3. The van der Waals surface area contributed by atoms with E-state index in [-0.39, 0.29) is 28.7 Å². The highest BCUT2D eigenvalue weighted by Gasteiger charge is 2.61. The van der Waals surface area contributed by atoms with Crippen LogP contribution in [0.1, 0.15) is 45.6 Å². The van der Waals surface area contributed by atoms with E-state index < -0.39 is 47.9 Å². The van der Waals surface area contributed by atoms with Crippen LogP contribution in [0.2, 0.25) is 0 Å². The minimum Gasteiger partial charge on any atom is -0.488 e. The Bertz CT molecular complexity index is 1900. The molecular formula is C32H29F3N6O5. The molecule has 14 heteroatoms. The number of nitrogens with two attached hydrogens (primary N) is 2. The number of rotatable bonds is 9. The molecule has 2 aliphatic rings. The van der Waals surface area contributed by atoms with Crippen molar-refractivity contribution in [3.05, 3.63) is 87.6 Å². The number of alkyl halides is 3. The second-order valence-electron chi connectivity index (χ2n) is 11.7. The molecule has 1 saturated carbocycles. The van der Waals surface area contributed by atoms with Gasteiger partial charge in [0.2, 0.25) is 5.91 Å². The predicted octanol–water partition coefficient (Wildman–Crippen LogP) is 4.44. The molecule has 2 unspecified atom stereocenters. The Morgan fingerprint density at radius 3 is 2.46 bits per heavy atom. The molecule has 1 fully saturated rings. The summed E-state index contributed by atoms with van der Waals surface area (Å²) in [5, 5.41) is 5.31. The second kappa shape index (κ2) is 11.1. The Labute approximate surface area is 260 Å². The molecule has 1 aliphatic heterocycles. The van der Waals surface area contributed by atoms with Crippen molar-refractivity contribution in [1.29, 1.82) is 0 Å². The fraction of sp³-hybridized carbons (Fsp3) is 0.312. The summed E-state index contributed by atoms with van der Waals surface area (Å²) in [7, 11) is 0. The zero-order valence-corrected chi connectivity index (χ0v) is 24.8. The van der Waals surface area contributed by atoms with Crippen molar-refractivity contribution >= 4 is 22.7 Å². The Morgan fingerprint density at radius 1 is 1.11 bits per heavy atom. The summed E-state index contributed by atoms with van der Waals surface area (Å²) in [6, 6.07) is 12.1. The lowest BCUT2D eigenvalue weighted by atomic mass is 9.86. The van der Waals surface area contributed by atoms with Crippen molar-refractivity contribution in [3.8, 4) is 22.8 Å². The molecule has 3 heterocycles. The Hall–Kier alpha value is -5.11. The molecule has 0 saturated heterocycles. The molecule has 2 amide bonds. The van der Waals surface area contributed by atoms with Crippen molar-refractivity contribution in [1.82, 2.24) is 15.3 Å². The van der Waals surface area contributed by atoms with Crippen LogP contribution in [0.15, 0.2) is 59.9 Å². The predicted molar refractivity (Wildman–Crippen MR) is 161 cm³/mol. The number of aromatic nitrogens is 2. The summed E-state index contributed by atoms with van der Waals surface area (Å²) in [6.45, 7) is 1.83. The van der Waals surface area contributed by atoms with E-state index in [1.807, 2.05) is 13.8 Å². The maximum atomic E-state index is 15.0. The Morgan fingerprint density at radius 2 is 1.83 bits per heavy atom. The van der Waals surface area contributed by atoms with Gasteiger partial charge >= 0.3 is 6.18 Å². The molecular weight excluding hydrogens is 605 g/mol. The highest BCUT2D eigenvalue weighted by Crippen LogP contribution is 2.48. The molecule has 2 aromatic carbocycles. The number of hydrogen-bond acceptors (Lipinski definition) is 9. The second-order valence-corrected chi connectivity index (χ2v) is 11.7. The van der Waals surface area contributed by atoms with Crippen LogP contribution in [0.5, 0.6) is 11.5 Å². The van der Waals surface area contributed by atoms with E-state index in [1.165, 1.54) is 12.1 Å². The molecule has 6 rings (SSSR count). The van der Waals surface area contributed by atoms with Gasteiger partial charge in [-0.25, -0.2) is 4.98 Å². The monoisotopic (exact) mass is 634 g/mol. The zero-order valence-electron chi connectivity index (χ0n) is 24.8. The van der Waals surface area contributed by atoms with Crippen LogP contribution in [-0.4, -0.2) is 47.2 Å². The van der Waals surface area contributed by atoms with Crippen LogP contribution in [0.4, 0.5) is 13.2 Å². The minimum absolute atomic E-state index is 0.0112. The number of primary amides is 1. The van der Waals surface area contributed by atoms with Gasteiger partial charge in [0.15, 0.2) is 11.3 Å². The van der Waals surface area contributed by atoms with E-state index in [1.54, 1.807) is 36.5 Å². The van der Waals surface area contributed by atoms with Gasteiger partial charge in [-0.1, -0.05) is 29.8 Å². The first-order chi connectivity index (χ1) is 21.8. The number of nitrogens with one attached hydrogen (secondary N) is 1. The number of carbonyl (C=O) groups is 2. The van der Waals surface area contributed by atoms with E-state index in [9.17, 15) is 14.5 Å². The van der Waals surface area contributed by atoms with Gasteiger partial charge in [0.25, 0.3) is 11.4 Å². The number of nitroso groups, excluding NO2 is 1. The maximum Gasteiger partial charge on any atom is 0.424 e. The minimum atomic E-state index is -5.36. The van der Waals surface area contributed by atoms with Crippen molar-refractivity contribution in [3.63, 3.8) is 0 Å². The van der Waals surface area contributed by atoms with Gasteiger partial charge in [0.05, 0.1) is 18.3 Å². The third-order valence-electron chi connectivity index (χ3n) is 8.18. The van der Waals surface area contributed by atoms with Gasteiger partial charge in [0.1, 0.15) is 23.6 Å². The molecule has 11 nitrogen and oxygen atoms in total. The molecule has 0 bridgehead atoms. The molecule has 0 spiro atoms. The lowest BCUT2D eigenvalue weighted by Crippen LogP contribution is -2.52. The number of nitrogens with zero attached hydrogens (tertiary/aromatic N) is 3. The smallest absolute Gasteiger partial charge is 0.424 e. The van der Waals surface area contributed by atoms with E-state index >= 15 is 13.2 Å². The van der Waals surface area contributed by atoms with E-state index in [4.69, 9.17) is 20.9 Å². The number of pyridine rings is 2. The van der Waals surface area contributed by atoms with E-state index in [0.29, 0.717) is 22.2 Å². The van der Waals surface area contributed by atoms with Crippen LogP contribution in [0, 0.1) is 18.8 Å². The fourth-order valence-corrected chi connectivity index (χ4v) is 5.29. The van der Waals surface area contributed by atoms with Crippen LogP contribution < -0.4 is 26.3 Å². The topological polar surface area (TPSA) is 172 Å². The quantitative estimate of drug-likeness (QED) is 0.227.